The van der Waals surface area contributed by atoms with E-state index >= 15 is 0 Å². The third-order valence-electron chi connectivity index (χ3n) is 5.60. The maximum Gasteiger partial charge on any atom is 0.414 e. The van der Waals surface area contributed by atoms with Gasteiger partial charge in [0.2, 0.25) is 5.91 Å². The molecule has 0 radical (unpaired) electrons. The number of carbonyl (C=O) groups excluding carboxylic acids is 2. The minimum Gasteiger partial charge on any atom is -0.442 e. The summed E-state index contributed by atoms with van der Waals surface area (Å²) in [5, 5.41) is 5.57. The molecule has 1 N–H and O–H groups in total. The number of rotatable bonds is 6. The molecule has 4 atom stereocenters. The normalized spacial score (nSPS) is 28.4. The molecule has 1 heterocycles. The van der Waals surface area contributed by atoms with Crippen LogP contribution in [0.5, 0.6) is 0 Å². The number of amides is 2. The minimum absolute atomic E-state index is 0.200. The Hall–Kier alpha value is -2.77. The van der Waals surface area contributed by atoms with Crippen molar-refractivity contribution >= 4 is 23.3 Å². The maximum atomic E-state index is 14.7. The van der Waals surface area contributed by atoms with Crippen molar-refractivity contribution < 1.29 is 18.7 Å². The highest BCUT2D eigenvalue weighted by molar-refractivity contribution is 5.90. The molecule has 1 aromatic rings. The van der Waals surface area contributed by atoms with Gasteiger partial charge in [-0.05, 0) is 47.9 Å². The first-order valence-electron chi connectivity index (χ1n) is 9.00. The predicted octanol–water partition coefficient (Wildman–Crippen LogP) is 2.70. The van der Waals surface area contributed by atoms with Gasteiger partial charge in [-0.1, -0.05) is 11.3 Å². The van der Waals surface area contributed by atoms with E-state index in [1.54, 1.807) is 12.1 Å². The lowest BCUT2D eigenvalue weighted by Crippen LogP contribution is -2.33. The van der Waals surface area contributed by atoms with Crippen molar-refractivity contribution in [2.75, 3.05) is 24.5 Å². The average molecular weight is 373 g/mol. The number of carbonyl (C=O) groups is 2. The van der Waals surface area contributed by atoms with E-state index in [0.717, 1.165) is 12.0 Å². The van der Waals surface area contributed by atoms with Crippen molar-refractivity contribution in [2.45, 2.75) is 19.4 Å². The Labute approximate surface area is 155 Å². The Morgan fingerprint density at radius 2 is 2.26 bits per heavy atom. The third kappa shape index (κ3) is 3.31. The molecule has 0 bridgehead atoms. The van der Waals surface area contributed by atoms with Gasteiger partial charge in [0.1, 0.15) is 11.9 Å². The summed E-state index contributed by atoms with van der Waals surface area (Å²) in [5.74, 6) is 0.463. The number of halogens is 1. The fraction of sp³-hybridized carbons (Fsp3) is 0.474. The van der Waals surface area contributed by atoms with Crippen molar-refractivity contribution in [1.82, 2.24) is 5.32 Å². The number of ether oxygens (including phenoxy) is 1. The van der Waals surface area contributed by atoms with Crippen LogP contribution in [0.15, 0.2) is 29.5 Å². The van der Waals surface area contributed by atoms with Crippen LogP contribution in [-0.2, 0) is 9.53 Å². The highest BCUT2D eigenvalue weighted by atomic mass is 19.1. The van der Waals surface area contributed by atoms with E-state index in [2.05, 4.69) is 10.5 Å². The van der Waals surface area contributed by atoms with Gasteiger partial charge in [-0.2, -0.15) is 4.91 Å². The fourth-order valence-electron chi connectivity index (χ4n) is 4.14. The topological polar surface area (TPSA) is 88.1 Å². The van der Waals surface area contributed by atoms with E-state index in [0.29, 0.717) is 35.5 Å². The van der Waals surface area contributed by atoms with Gasteiger partial charge in [-0.3, -0.25) is 9.69 Å². The number of allylic oxidation sites excluding steroid dienone is 2. The van der Waals surface area contributed by atoms with Gasteiger partial charge in [0.15, 0.2) is 0 Å². The van der Waals surface area contributed by atoms with Crippen LogP contribution in [-0.4, -0.2) is 37.7 Å². The van der Waals surface area contributed by atoms with Crippen LogP contribution in [0.3, 0.4) is 0 Å². The number of benzene rings is 1. The third-order valence-corrected chi connectivity index (χ3v) is 5.60. The van der Waals surface area contributed by atoms with Crippen molar-refractivity contribution in [3.8, 4) is 0 Å². The number of hydrogen-bond acceptors (Lipinski definition) is 5. The van der Waals surface area contributed by atoms with Gasteiger partial charge >= 0.3 is 6.09 Å². The van der Waals surface area contributed by atoms with E-state index in [1.807, 2.05) is 6.08 Å². The number of nitrogens with one attached hydrogen (secondary N) is 1. The van der Waals surface area contributed by atoms with E-state index in [1.165, 1.54) is 17.9 Å². The van der Waals surface area contributed by atoms with Crippen molar-refractivity contribution in [3.05, 3.63) is 40.6 Å². The summed E-state index contributed by atoms with van der Waals surface area (Å²) in [6.45, 7) is 2.20. The zero-order chi connectivity index (χ0) is 19.1. The summed E-state index contributed by atoms with van der Waals surface area (Å²) in [5.41, 5.74) is 1.91. The van der Waals surface area contributed by atoms with Crippen LogP contribution in [0.25, 0.3) is 5.57 Å². The van der Waals surface area contributed by atoms with Crippen LogP contribution in [0.1, 0.15) is 18.9 Å². The molecule has 2 aliphatic carbocycles. The van der Waals surface area contributed by atoms with E-state index in [-0.39, 0.29) is 24.8 Å². The highest BCUT2D eigenvalue weighted by Crippen LogP contribution is 2.58. The van der Waals surface area contributed by atoms with E-state index in [9.17, 15) is 18.9 Å². The van der Waals surface area contributed by atoms with Crippen LogP contribution in [0.4, 0.5) is 14.9 Å². The Morgan fingerprint density at radius 1 is 1.44 bits per heavy atom. The number of hydrogen-bond donors (Lipinski definition) is 1. The smallest absolute Gasteiger partial charge is 0.414 e. The molecule has 0 aromatic heterocycles. The van der Waals surface area contributed by atoms with E-state index < -0.39 is 12.2 Å². The Bertz CT molecular complexity index is 840. The summed E-state index contributed by atoms with van der Waals surface area (Å²) < 4.78 is 19.9. The lowest BCUT2D eigenvalue weighted by atomic mass is 10.00. The zero-order valence-electron chi connectivity index (χ0n) is 14.9. The molecular formula is C19H20FN3O4. The Kier molecular flexibility index (Phi) is 4.41. The molecule has 0 spiro atoms. The standard InChI is InChI=1S/C19H20FN3O4/c1-10(24)21-7-13-9-23(19(25)27-13)12-2-3-14(18(20)6-12)11-4-15-16(5-11)17(15)8-22-26/h2-4,6,13,15-17H,5,7-9H2,1H3,(H,21,24)/t13-,15?,16?,17+/m0/s1. The van der Waals surface area contributed by atoms with Gasteiger partial charge in [0.05, 0.1) is 25.3 Å². The average Bonchev–Trinajstić information content (AvgIpc) is 2.98. The summed E-state index contributed by atoms with van der Waals surface area (Å²) in [7, 11) is 0. The van der Waals surface area contributed by atoms with Gasteiger partial charge in [-0.15, -0.1) is 0 Å². The lowest BCUT2D eigenvalue weighted by Gasteiger charge is -2.15. The minimum atomic E-state index is -0.553. The summed E-state index contributed by atoms with van der Waals surface area (Å²) in [6, 6.07) is 4.73. The molecule has 1 aromatic carbocycles. The number of cyclic esters (lactones) is 1. The molecule has 2 fully saturated rings. The molecule has 1 saturated heterocycles. The quantitative estimate of drug-likeness (QED) is 0.777. The first kappa shape index (κ1) is 17.6. The first-order valence-corrected chi connectivity index (χ1v) is 9.00. The largest absolute Gasteiger partial charge is 0.442 e. The molecule has 4 rings (SSSR count). The summed E-state index contributed by atoms with van der Waals surface area (Å²) in [4.78, 5) is 34.8. The second kappa shape index (κ2) is 6.75. The molecule has 8 heteroatoms. The SMILES string of the molecule is CC(=O)NC[C@H]1CN(c2ccc(C3=CC4C(C3)[C@@H]4CN=O)c(F)c2)C(=O)O1. The fourth-order valence-corrected chi connectivity index (χ4v) is 4.14. The molecule has 142 valence electrons. The van der Waals surface area contributed by atoms with Gasteiger partial charge < -0.3 is 10.1 Å². The van der Waals surface area contributed by atoms with Crippen molar-refractivity contribution in [3.63, 3.8) is 0 Å². The highest BCUT2D eigenvalue weighted by Gasteiger charge is 2.52. The molecule has 1 aliphatic heterocycles. The molecule has 3 aliphatic rings. The monoisotopic (exact) mass is 373 g/mol. The Balaban J connectivity index is 1.44. The molecule has 27 heavy (non-hydrogen) atoms. The van der Waals surface area contributed by atoms with Crippen LogP contribution < -0.4 is 10.2 Å². The zero-order valence-corrected chi connectivity index (χ0v) is 14.9. The summed E-state index contributed by atoms with van der Waals surface area (Å²) >= 11 is 0. The second-order valence-corrected chi connectivity index (χ2v) is 7.33. The summed E-state index contributed by atoms with van der Waals surface area (Å²) in [6.07, 6.45) is 1.79. The van der Waals surface area contributed by atoms with E-state index in [4.69, 9.17) is 4.74 Å². The number of fused-ring (bicyclic) bond motifs is 1. The van der Waals surface area contributed by atoms with Gasteiger partial charge in [0.25, 0.3) is 0 Å². The second-order valence-electron chi connectivity index (χ2n) is 7.33. The van der Waals surface area contributed by atoms with Crippen molar-refractivity contribution in [2.24, 2.45) is 22.9 Å². The van der Waals surface area contributed by atoms with Crippen LogP contribution in [0, 0.1) is 28.5 Å². The molecule has 7 nitrogen and oxygen atoms in total. The van der Waals surface area contributed by atoms with Crippen LogP contribution >= 0.6 is 0 Å². The van der Waals surface area contributed by atoms with Crippen molar-refractivity contribution in [1.29, 1.82) is 0 Å². The predicted molar refractivity (Wildman–Crippen MR) is 96.4 cm³/mol. The van der Waals surface area contributed by atoms with Gasteiger partial charge in [-0.25, -0.2) is 9.18 Å². The maximum absolute atomic E-state index is 14.7. The first-order chi connectivity index (χ1) is 13.0. The lowest BCUT2D eigenvalue weighted by molar-refractivity contribution is -0.119. The van der Waals surface area contributed by atoms with Gasteiger partial charge in [0, 0.05) is 12.5 Å². The molecule has 2 unspecified atom stereocenters. The molecule has 1 saturated carbocycles. The van der Waals surface area contributed by atoms with Crippen LogP contribution in [0.2, 0.25) is 0 Å². The molecule has 2 amide bonds. The number of anilines is 1. The number of nitrogens with zero attached hydrogens (tertiary/aromatic N) is 2. The number of nitroso groups, excluding NO2 is 1. The molecular weight excluding hydrogens is 353 g/mol. The Morgan fingerprint density at radius 3 is 2.89 bits per heavy atom.